The highest BCUT2D eigenvalue weighted by atomic mass is 127. The minimum atomic E-state index is 0. The molecule has 1 aromatic carbocycles. The lowest BCUT2D eigenvalue weighted by Crippen LogP contribution is -2.39. The van der Waals surface area contributed by atoms with E-state index in [1.807, 2.05) is 36.1 Å². The number of nitrogens with one attached hydrogen (secondary N) is 2. The molecule has 0 fully saturated rings. The van der Waals surface area contributed by atoms with E-state index in [4.69, 9.17) is 4.74 Å². The molecule has 2 rings (SSSR count). The number of rotatable bonds is 9. The molecule has 0 radical (unpaired) electrons. The molecule has 0 spiro atoms. The number of hydrogen-bond acceptors (Lipinski definition) is 3. The van der Waals surface area contributed by atoms with Gasteiger partial charge in [0.15, 0.2) is 5.96 Å². The number of guanidine groups is 1. The third-order valence-electron chi connectivity index (χ3n) is 4.02. The molecule has 2 aromatic rings. The van der Waals surface area contributed by atoms with Crippen LogP contribution in [0.15, 0.2) is 41.7 Å². The molecule has 0 aliphatic carbocycles. The van der Waals surface area contributed by atoms with Crippen LogP contribution in [0.3, 0.4) is 0 Å². The third kappa shape index (κ3) is 8.50. The Morgan fingerprint density at radius 1 is 1.21 bits per heavy atom. The summed E-state index contributed by atoms with van der Waals surface area (Å²) < 4.78 is 7.67. The summed E-state index contributed by atoms with van der Waals surface area (Å²) in [6.45, 7) is 13.5. The first-order chi connectivity index (χ1) is 13.0. The molecule has 1 heterocycles. The first-order valence-corrected chi connectivity index (χ1v) is 9.74. The lowest BCUT2D eigenvalue weighted by atomic mass is 10.1. The monoisotopic (exact) mass is 499 g/mol. The summed E-state index contributed by atoms with van der Waals surface area (Å²) in [4.78, 5) is 4.66. The van der Waals surface area contributed by atoms with Crippen LogP contribution >= 0.6 is 24.0 Å². The van der Waals surface area contributed by atoms with E-state index in [1.165, 1.54) is 11.1 Å². The van der Waals surface area contributed by atoms with Gasteiger partial charge >= 0.3 is 0 Å². The van der Waals surface area contributed by atoms with Gasteiger partial charge in [0.2, 0.25) is 0 Å². The molecule has 156 valence electrons. The maximum Gasteiger partial charge on any atom is 0.191 e. The van der Waals surface area contributed by atoms with Crippen LogP contribution in [0.5, 0.6) is 5.75 Å². The van der Waals surface area contributed by atoms with Gasteiger partial charge in [-0.2, -0.15) is 5.10 Å². The molecular weight excluding hydrogens is 465 g/mol. The van der Waals surface area contributed by atoms with Crippen LogP contribution in [0.1, 0.15) is 44.9 Å². The summed E-state index contributed by atoms with van der Waals surface area (Å²) in [7, 11) is 0. The first-order valence-electron chi connectivity index (χ1n) is 9.74. The maximum absolute atomic E-state index is 5.75. The Hall–Kier alpha value is -1.77. The maximum atomic E-state index is 5.75. The van der Waals surface area contributed by atoms with E-state index >= 15 is 0 Å². The molecule has 0 bridgehead atoms. The van der Waals surface area contributed by atoms with E-state index in [0.717, 1.165) is 31.4 Å². The van der Waals surface area contributed by atoms with Crippen molar-refractivity contribution in [3.63, 3.8) is 0 Å². The van der Waals surface area contributed by atoms with E-state index in [9.17, 15) is 0 Å². The molecule has 1 atom stereocenters. The van der Waals surface area contributed by atoms with Gasteiger partial charge in [-0.1, -0.05) is 26.0 Å². The van der Waals surface area contributed by atoms with Gasteiger partial charge in [0, 0.05) is 12.7 Å². The van der Waals surface area contributed by atoms with Crippen molar-refractivity contribution < 1.29 is 4.74 Å². The molecule has 0 aliphatic rings. The summed E-state index contributed by atoms with van der Waals surface area (Å²) in [6, 6.07) is 8.40. The standard InChI is InChI=1S/C21H33N5O.HI/c1-6-22-21(23-11-12-26-14-17(4)13-24-26)25-18(5)19-7-9-20(10-8-19)27-15-16(2)3;/h7-10,13-14,16,18H,6,11-12,15H2,1-5H3,(H2,22,23,25);1H. The van der Waals surface area contributed by atoms with Crippen LogP contribution in [0, 0.1) is 12.8 Å². The van der Waals surface area contributed by atoms with E-state index in [2.05, 4.69) is 60.6 Å². The second kappa shape index (κ2) is 12.6. The number of benzene rings is 1. The van der Waals surface area contributed by atoms with Crippen molar-refractivity contribution in [1.82, 2.24) is 20.4 Å². The Balaban J connectivity index is 0.00000392. The predicted molar refractivity (Wildman–Crippen MR) is 127 cm³/mol. The van der Waals surface area contributed by atoms with Gasteiger partial charge in [-0.3, -0.25) is 9.67 Å². The Morgan fingerprint density at radius 3 is 2.50 bits per heavy atom. The summed E-state index contributed by atoms with van der Waals surface area (Å²) in [5, 5.41) is 11.1. The normalized spacial score (nSPS) is 12.4. The number of ether oxygens (including phenoxy) is 1. The molecule has 1 aromatic heterocycles. The molecule has 1 unspecified atom stereocenters. The van der Waals surface area contributed by atoms with Crippen molar-refractivity contribution in [3.05, 3.63) is 47.8 Å². The zero-order chi connectivity index (χ0) is 19.6. The van der Waals surface area contributed by atoms with Crippen molar-refractivity contribution in [1.29, 1.82) is 0 Å². The number of aryl methyl sites for hydroxylation is 1. The van der Waals surface area contributed by atoms with Gasteiger partial charge in [0.25, 0.3) is 0 Å². The van der Waals surface area contributed by atoms with Crippen molar-refractivity contribution in [2.75, 3.05) is 19.7 Å². The van der Waals surface area contributed by atoms with Gasteiger partial charge in [-0.15, -0.1) is 24.0 Å². The van der Waals surface area contributed by atoms with Gasteiger partial charge in [0.05, 0.1) is 31.9 Å². The van der Waals surface area contributed by atoms with Gasteiger partial charge in [-0.05, 0) is 49.9 Å². The third-order valence-corrected chi connectivity index (χ3v) is 4.02. The molecule has 0 saturated heterocycles. The number of nitrogens with zero attached hydrogens (tertiary/aromatic N) is 3. The predicted octanol–water partition coefficient (Wildman–Crippen LogP) is 4.16. The molecule has 0 amide bonds. The van der Waals surface area contributed by atoms with Crippen molar-refractivity contribution in [2.24, 2.45) is 10.9 Å². The molecule has 6 nitrogen and oxygen atoms in total. The molecule has 7 heteroatoms. The van der Waals surface area contributed by atoms with Crippen LogP contribution in [-0.2, 0) is 6.54 Å². The Kier molecular flexibility index (Phi) is 11.0. The molecule has 2 N–H and O–H groups in total. The lowest BCUT2D eigenvalue weighted by Gasteiger charge is -2.18. The van der Waals surface area contributed by atoms with Crippen molar-refractivity contribution >= 4 is 29.9 Å². The zero-order valence-electron chi connectivity index (χ0n) is 17.6. The largest absolute Gasteiger partial charge is 0.493 e. The quantitative estimate of drug-likeness (QED) is 0.309. The fourth-order valence-electron chi connectivity index (χ4n) is 2.58. The van der Waals surface area contributed by atoms with Crippen molar-refractivity contribution in [3.8, 4) is 5.75 Å². The fraction of sp³-hybridized carbons (Fsp3) is 0.524. The molecular formula is C21H34IN5O. The number of aliphatic imine (C=N–C) groups is 1. The smallest absolute Gasteiger partial charge is 0.191 e. The van der Waals surface area contributed by atoms with E-state index in [-0.39, 0.29) is 30.0 Å². The van der Waals surface area contributed by atoms with Crippen LogP contribution in [0.4, 0.5) is 0 Å². The number of hydrogen-bond donors (Lipinski definition) is 2. The number of aromatic nitrogens is 2. The summed E-state index contributed by atoms with van der Waals surface area (Å²) in [5.74, 6) is 2.25. The second-order valence-electron chi connectivity index (χ2n) is 7.18. The highest BCUT2D eigenvalue weighted by molar-refractivity contribution is 14.0. The summed E-state index contributed by atoms with van der Waals surface area (Å²) in [5.41, 5.74) is 2.36. The average molecular weight is 499 g/mol. The highest BCUT2D eigenvalue weighted by Gasteiger charge is 2.08. The van der Waals surface area contributed by atoms with Crippen LogP contribution in [0.2, 0.25) is 0 Å². The Bertz CT molecular complexity index is 712. The van der Waals surface area contributed by atoms with E-state index < -0.39 is 0 Å². The van der Waals surface area contributed by atoms with Gasteiger partial charge in [-0.25, -0.2) is 0 Å². The minimum Gasteiger partial charge on any atom is -0.493 e. The number of halogens is 1. The van der Waals surface area contributed by atoms with Crippen molar-refractivity contribution in [2.45, 2.75) is 47.2 Å². The highest BCUT2D eigenvalue weighted by Crippen LogP contribution is 2.18. The average Bonchev–Trinajstić information content (AvgIpc) is 3.05. The summed E-state index contributed by atoms with van der Waals surface area (Å²) in [6.07, 6.45) is 3.89. The molecule has 0 saturated carbocycles. The first kappa shape index (κ1) is 24.3. The fourth-order valence-corrected chi connectivity index (χ4v) is 2.58. The molecule has 0 aliphatic heterocycles. The zero-order valence-corrected chi connectivity index (χ0v) is 19.9. The Labute approximate surface area is 186 Å². The summed E-state index contributed by atoms with van der Waals surface area (Å²) >= 11 is 0. The lowest BCUT2D eigenvalue weighted by molar-refractivity contribution is 0.271. The topological polar surface area (TPSA) is 63.5 Å². The van der Waals surface area contributed by atoms with Crippen LogP contribution in [-0.4, -0.2) is 35.4 Å². The minimum absolute atomic E-state index is 0. The second-order valence-corrected chi connectivity index (χ2v) is 7.18. The SMILES string of the molecule is CCNC(=NCCn1cc(C)cn1)NC(C)c1ccc(OCC(C)C)cc1.I. The van der Waals surface area contributed by atoms with Gasteiger partial charge < -0.3 is 15.4 Å². The van der Waals surface area contributed by atoms with Crippen LogP contribution in [0.25, 0.3) is 0 Å². The van der Waals surface area contributed by atoms with E-state index in [0.29, 0.717) is 12.5 Å². The Morgan fingerprint density at radius 2 is 1.93 bits per heavy atom. The van der Waals surface area contributed by atoms with Gasteiger partial charge in [0.1, 0.15) is 5.75 Å². The molecule has 28 heavy (non-hydrogen) atoms. The van der Waals surface area contributed by atoms with Crippen LogP contribution < -0.4 is 15.4 Å². The van der Waals surface area contributed by atoms with E-state index in [1.54, 1.807) is 0 Å².